The van der Waals surface area contributed by atoms with Gasteiger partial charge in [-0.05, 0) is 31.6 Å². The molecule has 2 aromatic rings. The lowest BCUT2D eigenvalue weighted by molar-refractivity contribution is 0.404. The highest BCUT2D eigenvalue weighted by Crippen LogP contribution is 2.50. The summed E-state index contributed by atoms with van der Waals surface area (Å²) < 4.78 is 4.31. The van der Waals surface area contributed by atoms with E-state index in [9.17, 15) is 0 Å². The van der Waals surface area contributed by atoms with Crippen LogP contribution in [0.2, 0.25) is 0 Å². The Labute approximate surface area is 118 Å². The second-order valence-corrected chi connectivity index (χ2v) is 6.17. The highest BCUT2D eigenvalue weighted by Gasteiger charge is 2.41. The number of halogens is 1. The molecule has 2 heterocycles. The van der Waals surface area contributed by atoms with Crippen molar-refractivity contribution < 1.29 is 0 Å². The van der Waals surface area contributed by atoms with Crippen molar-refractivity contribution in [2.45, 2.75) is 46.1 Å². The van der Waals surface area contributed by atoms with Crippen molar-refractivity contribution in [1.82, 2.24) is 19.3 Å². The third-order valence-electron chi connectivity index (χ3n) is 4.49. The average molecular weight is 281 g/mol. The van der Waals surface area contributed by atoms with Gasteiger partial charge in [0.1, 0.15) is 11.3 Å². The number of hydrogen-bond acceptors (Lipinski definition) is 2. The van der Waals surface area contributed by atoms with Gasteiger partial charge in [0.05, 0.1) is 5.69 Å². The minimum atomic E-state index is 0.493. The predicted octanol–water partition coefficient (Wildman–Crippen LogP) is 3.05. The number of aryl methyl sites for hydroxylation is 3. The molecule has 1 aliphatic rings. The van der Waals surface area contributed by atoms with Crippen LogP contribution >= 0.6 is 11.6 Å². The largest absolute Gasteiger partial charge is 0.312 e. The Kier molecular flexibility index (Phi) is 3.08. The minimum Gasteiger partial charge on any atom is -0.312 e. The number of fused-ring (bicyclic) bond motifs is 1. The van der Waals surface area contributed by atoms with Gasteiger partial charge in [-0.3, -0.25) is 4.68 Å². The van der Waals surface area contributed by atoms with Gasteiger partial charge in [0, 0.05) is 25.9 Å². The highest BCUT2D eigenvalue weighted by atomic mass is 35.5. The van der Waals surface area contributed by atoms with Crippen LogP contribution in [0.4, 0.5) is 0 Å². The molecule has 19 heavy (non-hydrogen) atoms. The molecular formula is C14H21ClN4. The summed E-state index contributed by atoms with van der Waals surface area (Å²) in [6, 6.07) is 0. The number of nitrogens with zero attached hydrogens (tertiary/aromatic N) is 4. The Morgan fingerprint density at radius 3 is 2.68 bits per heavy atom. The van der Waals surface area contributed by atoms with Crippen molar-refractivity contribution in [3.05, 3.63) is 11.5 Å². The molecule has 0 spiro atoms. The van der Waals surface area contributed by atoms with Crippen molar-refractivity contribution in [1.29, 1.82) is 0 Å². The summed E-state index contributed by atoms with van der Waals surface area (Å²) in [7, 11) is 2.00. The van der Waals surface area contributed by atoms with Gasteiger partial charge in [0.15, 0.2) is 5.65 Å². The van der Waals surface area contributed by atoms with Crippen LogP contribution in [0, 0.1) is 12.3 Å². The van der Waals surface area contributed by atoms with E-state index in [-0.39, 0.29) is 0 Å². The van der Waals surface area contributed by atoms with E-state index < -0.39 is 0 Å². The molecule has 0 N–H and O–H groups in total. The number of hydrogen-bond donors (Lipinski definition) is 0. The number of imidazole rings is 1. The van der Waals surface area contributed by atoms with Crippen molar-refractivity contribution in [2.24, 2.45) is 12.5 Å². The average Bonchev–Trinajstić information content (AvgIpc) is 2.99. The second-order valence-electron chi connectivity index (χ2n) is 5.79. The van der Waals surface area contributed by atoms with Crippen LogP contribution in [-0.4, -0.2) is 25.2 Å². The molecule has 0 unspecified atom stereocenters. The number of aromatic nitrogens is 4. The van der Waals surface area contributed by atoms with E-state index >= 15 is 0 Å². The number of alkyl halides is 1. The summed E-state index contributed by atoms with van der Waals surface area (Å²) in [5, 5.41) is 4.49. The van der Waals surface area contributed by atoms with Crippen LogP contribution in [0.3, 0.4) is 0 Å². The first-order chi connectivity index (χ1) is 9.10. The van der Waals surface area contributed by atoms with E-state index in [1.807, 2.05) is 18.7 Å². The molecule has 1 saturated carbocycles. The molecule has 0 radical (unpaired) electrons. The summed E-state index contributed by atoms with van der Waals surface area (Å²) in [4.78, 5) is 4.76. The van der Waals surface area contributed by atoms with Gasteiger partial charge in [-0.1, -0.05) is 6.92 Å². The Balaban J connectivity index is 2.10. The zero-order valence-electron chi connectivity index (χ0n) is 11.9. The molecule has 104 valence electrons. The summed E-state index contributed by atoms with van der Waals surface area (Å²) in [5.41, 5.74) is 3.69. The standard InChI is InChI=1S/C14H21ClN4/c1-4-14(6-7-14)9-19-11(5-8-15)16-12-10(2)17-18(3)13(12)19/h4-9H2,1-3H3. The third-order valence-corrected chi connectivity index (χ3v) is 4.68. The molecule has 0 saturated heterocycles. The molecule has 1 fully saturated rings. The molecule has 0 amide bonds. The molecule has 3 rings (SSSR count). The maximum absolute atomic E-state index is 5.93. The fourth-order valence-electron chi connectivity index (χ4n) is 2.96. The van der Waals surface area contributed by atoms with E-state index in [4.69, 9.17) is 16.6 Å². The Morgan fingerprint density at radius 1 is 1.37 bits per heavy atom. The first kappa shape index (κ1) is 13.0. The summed E-state index contributed by atoms with van der Waals surface area (Å²) in [6.45, 7) is 5.37. The molecule has 0 aliphatic heterocycles. The molecule has 5 heteroatoms. The molecule has 0 atom stereocenters. The monoisotopic (exact) mass is 280 g/mol. The van der Waals surface area contributed by atoms with Crippen LogP contribution in [-0.2, 0) is 20.0 Å². The molecule has 4 nitrogen and oxygen atoms in total. The maximum atomic E-state index is 5.93. The molecular weight excluding hydrogens is 260 g/mol. The normalized spacial score (nSPS) is 17.3. The van der Waals surface area contributed by atoms with Gasteiger partial charge in [-0.25, -0.2) is 4.98 Å². The second kappa shape index (κ2) is 4.51. The molecule has 1 aliphatic carbocycles. The molecule has 0 aromatic carbocycles. The van der Waals surface area contributed by atoms with E-state index in [0.29, 0.717) is 11.3 Å². The Morgan fingerprint density at radius 2 is 2.11 bits per heavy atom. The lowest BCUT2D eigenvalue weighted by Gasteiger charge is -2.16. The van der Waals surface area contributed by atoms with Crippen LogP contribution in [0.5, 0.6) is 0 Å². The first-order valence-corrected chi connectivity index (χ1v) is 7.58. The zero-order valence-corrected chi connectivity index (χ0v) is 12.7. The lowest BCUT2D eigenvalue weighted by Crippen LogP contribution is -2.15. The summed E-state index contributed by atoms with van der Waals surface area (Å²) in [5.74, 6) is 1.73. The van der Waals surface area contributed by atoms with Gasteiger partial charge in [0.2, 0.25) is 0 Å². The van der Waals surface area contributed by atoms with E-state index in [1.165, 1.54) is 19.3 Å². The highest BCUT2D eigenvalue weighted by molar-refractivity contribution is 6.17. The molecule has 0 bridgehead atoms. The minimum absolute atomic E-state index is 0.493. The van der Waals surface area contributed by atoms with Crippen molar-refractivity contribution in [3.8, 4) is 0 Å². The van der Waals surface area contributed by atoms with Gasteiger partial charge in [-0.15, -0.1) is 11.6 Å². The van der Waals surface area contributed by atoms with Gasteiger partial charge in [-0.2, -0.15) is 5.10 Å². The molecule has 2 aromatic heterocycles. The van der Waals surface area contributed by atoms with E-state index in [2.05, 4.69) is 16.6 Å². The third kappa shape index (κ3) is 2.06. The van der Waals surface area contributed by atoms with Gasteiger partial charge >= 0.3 is 0 Å². The Hall–Kier alpha value is -1.03. The van der Waals surface area contributed by atoms with Crippen LogP contribution in [0.1, 0.15) is 37.7 Å². The Bertz CT molecular complexity index is 607. The number of rotatable bonds is 5. The first-order valence-electron chi connectivity index (χ1n) is 7.05. The van der Waals surface area contributed by atoms with E-state index in [0.717, 1.165) is 35.6 Å². The smallest absolute Gasteiger partial charge is 0.158 e. The predicted molar refractivity (Wildman–Crippen MR) is 77.6 cm³/mol. The van der Waals surface area contributed by atoms with Crippen LogP contribution in [0.25, 0.3) is 11.2 Å². The van der Waals surface area contributed by atoms with Crippen LogP contribution < -0.4 is 0 Å². The summed E-state index contributed by atoms with van der Waals surface area (Å²) >= 11 is 5.93. The lowest BCUT2D eigenvalue weighted by atomic mass is 10.0. The van der Waals surface area contributed by atoms with Crippen molar-refractivity contribution >= 4 is 22.8 Å². The van der Waals surface area contributed by atoms with Crippen LogP contribution in [0.15, 0.2) is 0 Å². The van der Waals surface area contributed by atoms with E-state index in [1.54, 1.807) is 0 Å². The topological polar surface area (TPSA) is 35.6 Å². The fourth-order valence-corrected chi connectivity index (χ4v) is 3.13. The van der Waals surface area contributed by atoms with Crippen molar-refractivity contribution in [3.63, 3.8) is 0 Å². The van der Waals surface area contributed by atoms with Gasteiger partial charge in [0.25, 0.3) is 0 Å². The summed E-state index contributed by atoms with van der Waals surface area (Å²) in [6.07, 6.45) is 4.74. The zero-order chi connectivity index (χ0) is 13.6. The van der Waals surface area contributed by atoms with Crippen molar-refractivity contribution in [2.75, 3.05) is 5.88 Å². The van der Waals surface area contributed by atoms with Gasteiger partial charge < -0.3 is 4.57 Å². The quantitative estimate of drug-likeness (QED) is 0.789. The fraction of sp³-hybridized carbons (Fsp3) is 0.714. The SMILES string of the molecule is CCC1(Cn2c(CCCl)nc3c(C)nn(C)c32)CC1. The maximum Gasteiger partial charge on any atom is 0.158 e.